The first kappa shape index (κ1) is 16.7. The van der Waals surface area contributed by atoms with Gasteiger partial charge in [0.15, 0.2) is 0 Å². The molecule has 3 rings (SSSR count). The number of halogens is 1. The first-order valence-electron chi connectivity index (χ1n) is 7.51. The number of carbonyl (C=O) groups is 1. The molecule has 2 aliphatic rings. The van der Waals surface area contributed by atoms with Crippen LogP contribution in [0.3, 0.4) is 0 Å². The number of carboxylic acid groups (broad SMARTS) is 1. The lowest BCUT2D eigenvalue weighted by Gasteiger charge is -2.36. The predicted octanol–water partition coefficient (Wildman–Crippen LogP) is 1.65. The summed E-state index contributed by atoms with van der Waals surface area (Å²) in [6.07, 6.45) is 1.36. The molecule has 0 spiro atoms. The van der Waals surface area contributed by atoms with Crippen molar-refractivity contribution in [1.29, 1.82) is 0 Å². The monoisotopic (exact) mass is 358 g/mol. The second kappa shape index (κ2) is 5.73. The second-order valence-electron chi connectivity index (χ2n) is 6.32. The van der Waals surface area contributed by atoms with Crippen molar-refractivity contribution < 1.29 is 18.3 Å². The molecular formula is C15H19ClN2O4S. The molecule has 2 atom stereocenters. The maximum Gasteiger partial charge on any atom is 0.324 e. The predicted molar refractivity (Wildman–Crippen MR) is 86.0 cm³/mol. The maximum absolute atomic E-state index is 13.0. The Morgan fingerprint density at radius 1 is 1.39 bits per heavy atom. The van der Waals surface area contributed by atoms with Gasteiger partial charge in [0, 0.05) is 17.6 Å². The number of sulfonamides is 1. The van der Waals surface area contributed by atoms with Crippen molar-refractivity contribution in [2.45, 2.75) is 36.2 Å². The van der Waals surface area contributed by atoms with Crippen molar-refractivity contribution in [3.05, 3.63) is 29.3 Å². The summed E-state index contributed by atoms with van der Waals surface area (Å²) in [7, 11) is -3.92. The van der Waals surface area contributed by atoms with E-state index in [4.69, 9.17) is 11.6 Å². The van der Waals surface area contributed by atoms with Crippen LogP contribution in [0.2, 0.25) is 5.02 Å². The number of aliphatic carboxylic acids is 1. The molecule has 2 heterocycles. The fraction of sp³-hybridized carbons (Fsp3) is 0.533. The van der Waals surface area contributed by atoms with Crippen molar-refractivity contribution in [2.75, 3.05) is 19.6 Å². The highest BCUT2D eigenvalue weighted by Gasteiger charge is 2.55. The van der Waals surface area contributed by atoms with E-state index < -0.39 is 21.5 Å². The molecule has 0 aliphatic carbocycles. The topological polar surface area (TPSA) is 77.9 Å². The number of hydrogen-bond donors (Lipinski definition) is 1. The Labute approximate surface area is 140 Å². The summed E-state index contributed by atoms with van der Waals surface area (Å²) in [6, 6.07) is 5.88. The summed E-state index contributed by atoms with van der Waals surface area (Å²) in [6.45, 7) is 3.46. The van der Waals surface area contributed by atoms with E-state index in [1.54, 1.807) is 12.1 Å². The fourth-order valence-corrected chi connectivity index (χ4v) is 5.37. The molecule has 6 nitrogen and oxygen atoms in total. The van der Waals surface area contributed by atoms with E-state index in [-0.39, 0.29) is 17.5 Å². The second-order valence-corrected chi connectivity index (χ2v) is 8.62. The third kappa shape index (κ3) is 2.76. The Morgan fingerprint density at radius 2 is 2.09 bits per heavy atom. The van der Waals surface area contributed by atoms with Gasteiger partial charge in [0.2, 0.25) is 10.0 Å². The summed E-state index contributed by atoms with van der Waals surface area (Å²) in [5, 5.41) is 9.95. The first-order chi connectivity index (χ1) is 10.7. The molecular weight excluding hydrogens is 340 g/mol. The van der Waals surface area contributed by atoms with Gasteiger partial charge in [-0.05, 0) is 51.1 Å². The third-order valence-electron chi connectivity index (χ3n) is 4.81. The molecule has 126 valence electrons. The van der Waals surface area contributed by atoms with Crippen LogP contribution in [0.4, 0.5) is 0 Å². The molecule has 0 saturated carbocycles. The summed E-state index contributed by atoms with van der Waals surface area (Å²) in [5.74, 6) is -1.12. The Bertz CT molecular complexity index is 735. The van der Waals surface area contributed by atoms with Crippen molar-refractivity contribution in [2.24, 2.45) is 0 Å². The smallest absolute Gasteiger partial charge is 0.324 e. The zero-order valence-corrected chi connectivity index (χ0v) is 14.3. The van der Waals surface area contributed by atoms with E-state index in [0.29, 0.717) is 11.4 Å². The van der Waals surface area contributed by atoms with Crippen molar-refractivity contribution >= 4 is 27.6 Å². The van der Waals surface area contributed by atoms with Crippen LogP contribution in [-0.2, 0) is 14.8 Å². The van der Waals surface area contributed by atoms with Crippen molar-refractivity contribution in [3.8, 4) is 0 Å². The molecule has 23 heavy (non-hydrogen) atoms. The van der Waals surface area contributed by atoms with Crippen LogP contribution < -0.4 is 0 Å². The molecule has 2 unspecified atom stereocenters. The van der Waals surface area contributed by atoms with Gasteiger partial charge in [0.25, 0.3) is 0 Å². The number of hydrogen-bond acceptors (Lipinski definition) is 4. The molecule has 1 aromatic rings. The van der Waals surface area contributed by atoms with Gasteiger partial charge in [0.05, 0.1) is 4.90 Å². The molecule has 1 aromatic carbocycles. The Morgan fingerprint density at radius 3 is 2.61 bits per heavy atom. The van der Waals surface area contributed by atoms with Crippen LogP contribution in [0.15, 0.2) is 29.2 Å². The molecule has 2 fully saturated rings. The zero-order valence-electron chi connectivity index (χ0n) is 12.8. The van der Waals surface area contributed by atoms with Gasteiger partial charge in [-0.1, -0.05) is 17.7 Å². The minimum absolute atomic E-state index is 0.0294. The van der Waals surface area contributed by atoms with Crippen LogP contribution in [-0.4, -0.2) is 59.9 Å². The molecule has 2 saturated heterocycles. The highest BCUT2D eigenvalue weighted by molar-refractivity contribution is 7.89. The van der Waals surface area contributed by atoms with E-state index in [2.05, 4.69) is 4.90 Å². The summed E-state index contributed by atoms with van der Waals surface area (Å²) in [4.78, 5) is 14.0. The Hall–Kier alpha value is -1.15. The zero-order chi connectivity index (χ0) is 16.8. The Kier molecular flexibility index (Phi) is 4.16. The van der Waals surface area contributed by atoms with Gasteiger partial charge in [-0.25, -0.2) is 8.42 Å². The van der Waals surface area contributed by atoms with E-state index in [1.165, 1.54) is 19.1 Å². The molecule has 0 radical (unpaired) electrons. The molecule has 2 aliphatic heterocycles. The number of rotatable bonds is 4. The highest BCUT2D eigenvalue weighted by Crippen LogP contribution is 2.38. The van der Waals surface area contributed by atoms with Gasteiger partial charge >= 0.3 is 5.97 Å². The van der Waals surface area contributed by atoms with Gasteiger partial charge in [-0.3, -0.25) is 9.69 Å². The minimum atomic E-state index is -3.92. The van der Waals surface area contributed by atoms with E-state index in [9.17, 15) is 18.3 Å². The van der Waals surface area contributed by atoms with Crippen LogP contribution >= 0.6 is 11.6 Å². The SMILES string of the molecule is CC1(C(=O)O)CC(N2CCC2)CN1S(=O)(=O)c1cccc(Cl)c1. The third-order valence-corrected chi connectivity index (χ3v) is 7.03. The summed E-state index contributed by atoms with van der Waals surface area (Å²) >= 11 is 5.89. The summed E-state index contributed by atoms with van der Waals surface area (Å²) in [5.41, 5.74) is -1.44. The highest BCUT2D eigenvalue weighted by atomic mass is 35.5. The quantitative estimate of drug-likeness (QED) is 0.885. The normalized spacial score (nSPS) is 29.4. The lowest BCUT2D eigenvalue weighted by Crippen LogP contribution is -2.50. The van der Waals surface area contributed by atoms with Gasteiger partial charge in [0.1, 0.15) is 5.54 Å². The Balaban J connectivity index is 1.99. The van der Waals surface area contributed by atoms with Crippen LogP contribution in [0.1, 0.15) is 19.8 Å². The van der Waals surface area contributed by atoms with Crippen molar-refractivity contribution in [3.63, 3.8) is 0 Å². The molecule has 0 bridgehead atoms. The maximum atomic E-state index is 13.0. The van der Waals surface area contributed by atoms with Crippen LogP contribution in [0.5, 0.6) is 0 Å². The largest absolute Gasteiger partial charge is 0.480 e. The average molecular weight is 359 g/mol. The molecule has 0 amide bonds. The number of benzene rings is 1. The molecule has 1 N–H and O–H groups in total. The van der Waals surface area contributed by atoms with E-state index in [1.807, 2.05) is 0 Å². The minimum Gasteiger partial charge on any atom is -0.480 e. The lowest BCUT2D eigenvalue weighted by atomic mass is 9.97. The summed E-state index contributed by atoms with van der Waals surface area (Å²) < 4.78 is 27.1. The van der Waals surface area contributed by atoms with E-state index in [0.717, 1.165) is 23.8 Å². The number of likely N-dealkylation sites (tertiary alicyclic amines) is 1. The van der Waals surface area contributed by atoms with Gasteiger partial charge in [-0.15, -0.1) is 0 Å². The van der Waals surface area contributed by atoms with Crippen LogP contribution in [0.25, 0.3) is 0 Å². The molecule has 0 aromatic heterocycles. The van der Waals surface area contributed by atoms with Gasteiger partial charge in [-0.2, -0.15) is 4.31 Å². The number of carboxylic acids is 1. The van der Waals surface area contributed by atoms with Gasteiger partial charge < -0.3 is 5.11 Å². The standard InChI is InChI=1S/C15H19ClN2O4S/c1-15(14(19)20)9-12(17-6-3-7-17)10-18(15)23(21,22)13-5-2-4-11(16)8-13/h2,4-5,8,12H,3,6-7,9-10H2,1H3,(H,19,20). The average Bonchev–Trinajstić information content (AvgIpc) is 2.76. The van der Waals surface area contributed by atoms with E-state index >= 15 is 0 Å². The fourth-order valence-electron chi connectivity index (χ4n) is 3.28. The van der Waals surface area contributed by atoms with Crippen LogP contribution in [0, 0.1) is 0 Å². The first-order valence-corrected chi connectivity index (χ1v) is 9.33. The van der Waals surface area contributed by atoms with Crippen molar-refractivity contribution in [1.82, 2.24) is 9.21 Å². The number of nitrogens with zero attached hydrogens (tertiary/aromatic N) is 2. The lowest BCUT2D eigenvalue weighted by molar-refractivity contribution is -0.146. The molecule has 8 heteroatoms.